The van der Waals surface area contributed by atoms with Crippen molar-refractivity contribution in [1.82, 2.24) is 16.2 Å². The summed E-state index contributed by atoms with van der Waals surface area (Å²) in [6.07, 6.45) is 1.73. The van der Waals surface area contributed by atoms with Crippen molar-refractivity contribution in [2.75, 3.05) is 13.2 Å². The van der Waals surface area contributed by atoms with Gasteiger partial charge in [0.25, 0.3) is 0 Å². The highest BCUT2D eigenvalue weighted by Crippen LogP contribution is 2.10. The first-order chi connectivity index (χ1) is 13.2. The van der Waals surface area contributed by atoms with Crippen LogP contribution in [0.4, 0.5) is 0 Å². The second-order valence-electron chi connectivity index (χ2n) is 6.83. The number of carboxylic acids is 1. The number of hydrogen-bond acceptors (Lipinski definition) is 9. The van der Waals surface area contributed by atoms with E-state index >= 15 is 0 Å². The highest BCUT2D eigenvalue weighted by molar-refractivity contribution is 5.86. The zero-order chi connectivity index (χ0) is 21.5. The van der Waals surface area contributed by atoms with E-state index in [0.717, 1.165) is 0 Å². The first-order valence-electron chi connectivity index (χ1n) is 9.90. The van der Waals surface area contributed by atoms with Crippen LogP contribution < -0.4 is 27.6 Å². The summed E-state index contributed by atoms with van der Waals surface area (Å²) >= 11 is 0. The zero-order valence-electron chi connectivity index (χ0n) is 17.2. The number of rotatable bonds is 17. The summed E-state index contributed by atoms with van der Waals surface area (Å²) in [5.74, 6) is -1.72. The van der Waals surface area contributed by atoms with Gasteiger partial charge in [-0.25, -0.2) is 10.9 Å². The molecule has 0 amide bonds. The van der Waals surface area contributed by atoms with Gasteiger partial charge < -0.3 is 21.3 Å². The second-order valence-corrected chi connectivity index (χ2v) is 6.83. The molecule has 0 aromatic heterocycles. The molecular weight excluding hydrogens is 366 g/mol. The molecule has 3 atom stereocenters. The van der Waals surface area contributed by atoms with E-state index in [1.807, 2.05) is 13.8 Å². The lowest BCUT2D eigenvalue weighted by Crippen LogP contribution is -2.54. The van der Waals surface area contributed by atoms with E-state index in [1.54, 1.807) is 6.92 Å². The van der Waals surface area contributed by atoms with Crippen molar-refractivity contribution < 1.29 is 24.2 Å². The van der Waals surface area contributed by atoms with Crippen LogP contribution in [-0.2, 0) is 19.1 Å². The van der Waals surface area contributed by atoms with Crippen molar-refractivity contribution in [2.45, 2.75) is 77.7 Å². The van der Waals surface area contributed by atoms with Gasteiger partial charge in [-0.05, 0) is 38.6 Å². The number of ketones is 1. The Labute approximate surface area is 167 Å². The van der Waals surface area contributed by atoms with E-state index < -0.39 is 30.3 Å². The van der Waals surface area contributed by atoms with Crippen LogP contribution in [0.5, 0.6) is 0 Å². The van der Waals surface area contributed by atoms with Gasteiger partial charge in [0.2, 0.25) is 0 Å². The Hall–Kier alpha value is -1.59. The molecule has 0 aromatic carbocycles. The molecule has 0 saturated heterocycles. The molecule has 164 valence electrons. The minimum atomic E-state index is -0.980. The second kappa shape index (κ2) is 15.3. The van der Waals surface area contributed by atoms with Gasteiger partial charge in [0.05, 0.1) is 12.6 Å². The number of carboxylic acid groups (broad SMARTS) is 1. The maximum absolute atomic E-state index is 12.5. The van der Waals surface area contributed by atoms with E-state index in [-0.39, 0.29) is 24.5 Å². The van der Waals surface area contributed by atoms with Crippen LogP contribution in [0.1, 0.15) is 59.3 Å². The third-order valence-corrected chi connectivity index (χ3v) is 4.30. The fraction of sp³-hybridized carbons (Fsp3) is 0.833. The predicted octanol–water partition coefficient (Wildman–Crippen LogP) is -0.178. The summed E-state index contributed by atoms with van der Waals surface area (Å²) in [6, 6.07) is -1.39. The molecule has 0 fully saturated rings. The third-order valence-electron chi connectivity index (χ3n) is 4.30. The number of hydrogen-bond donors (Lipinski definition) is 6. The van der Waals surface area contributed by atoms with Gasteiger partial charge in [-0.3, -0.25) is 19.7 Å². The summed E-state index contributed by atoms with van der Waals surface area (Å²) in [6.45, 7) is 6.41. The maximum Gasteiger partial charge on any atom is 0.324 e. The number of carbonyl (C=O) groups is 3. The zero-order valence-corrected chi connectivity index (χ0v) is 17.2. The molecule has 0 aromatic rings. The minimum Gasteiger partial charge on any atom is -0.481 e. The average Bonchev–Trinajstić information content (AvgIpc) is 2.65. The molecule has 10 heteroatoms. The molecule has 0 rings (SSSR count). The third kappa shape index (κ3) is 12.0. The Morgan fingerprint density at radius 2 is 1.71 bits per heavy atom. The van der Waals surface area contributed by atoms with Gasteiger partial charge >= 0.3 is 11.9 Å². The maximum atomic E-state index is 12.5. The SMILES string of the molecule is CCCOC(=O)[C@H](CCCNC(N)N)NN[C@@H](CCC(=O)O)C(=O)C(C)CC. The van der Waals surface area contributed by atoms with Crippen molar-refractivity contribution in [2.24, 2.45) is 17.4 Å². The molecule has 8 N–H and O–H groups in total. The fourth-order valence-electron chi connectivity index (χ4n) is 2.43. The molecule has 0 aliphatic heterocycles. The largest absolute Gasteiger partial charge is 0.481 e. The van der Waals surface area contributed by atoms with Gasteiger partial charge in [-0.1, -0.05) is 20.8 Å². The lowest BCUT2D eigenvalue weighted by molar-refractivity contribution is -0.147. The van der Waals surface area contributed by atoms with Crippen molar-refractivity contribution in [1.29, 1.82) is 0 Å². The normalized spacial score (nSPS) is 14.5. The van der Waals surface area contributed by atoms with Crippen LogP contribution in [0.3, 0.4) is 0 Å². The summed E-state index contributed by atoms with van der Waals surface area (Å²) in [5, 5.41) is 11.8. The number of esters is 1. The number of Topliss-reactive ketones (excluding diaryl/α,β-unsaturated/α-hetero) is 1. The van der Waals surface area contributed by atoms with E-state index in [2.05, 4.69) is 16.2 Å². The van der Waals surface area contributed by atoms with Gasteiger partial charge in [0, 0.05) is 12.3 Å². The summed E-state index contributed by atoms with van der Waals surface area (Å²) < 4.78 is 5.20. The van der Waals surface area contributed by atoms with E-state index in [1.165, 1.54) is 0 Å². The highest BCUT2D eigenvalue weighted by atomic mass is 16.5. The van der Waals surface area contributed by atoms with Crippen LogP contribution in [0, 0.1) is 5.92 Å². The quantitative estimate of drug-likeness (QED) is 0.0829. The summed E-state index contributed by atoms with van der Waals surface area (Å²) in [5.41, 5.74) is 16.6. The molecule has 0 aliphatic carbocycles. The van der Waals surface area contributed by atoms with Crippen molar-refractivity contribution in [3.8, 4) is 0 Å². The van der Waals surface area contributed by atoms with Gasteiger partial charge in [0.1, 0.15) is 12.3 Å². The van der Waals surface area contributed by atoms with Crippen LogP contribution in [-0.4, -0.2) is 54.4 Å². The number of carbonyl (C=O) groups excluding carboxylic acids is 2. The van der Waals surface area contributed by atoms with Crippen LogP contribution in [0.25, 0.3) is 0 Å². The number of aliphatic carboxylic acids is 1. The molecule has 0 saturated carbocycles. The Morgan fingerprint density at radius 1 is 1.07 bits per heavy atom. The Kier molecular flexibility index (Phi) is 14.5. The van der Waals surface area contributed by atoms with E-state index in [4.69, 9.17) is 21.3 Å². The lowest BCUT2D eigenvalue weighted by Gasteiger charge is -2.24. The molecule has 0 bridgehead atoms. The van der Waals surface area contributed by atoms with Crippen LogP contribution in [0.15, 0.2) is 0 Å². The van der Waals surface area contributed by atoms with Gasteiger partial charge in [-0.15, -0.1) is 0 Å². The predicted molar refractivity (Wildman–Crippen MR) is 106 cm³/mol. The molecule has 10 nitrogen and oxygen atoms in total. The van der Waals surface area contributed by atoms with E-state index in [0.29, 0.717) is 38.8 Å². The van der Waals surface area contributed by atoms with Crippen molar-refractivity contribution >= 4 is 17.7 Å². The van der Waals surface area contributed by atoms with Gasteiger partial charge in [0.15, 0.2) is 5.78 Å². The highest BCUT2D eigenvalue weighted by Gasteiger charge is 2.26. The Balaban J connectivity index is 4.91. The number of nitrogens with two attached hydrogens (primary N) is 2. The molecule has 1 unspecified atom stereocenters. The lowest BCUT2D eigenvalue weighted by atomic mass is 9.95. The smallest absolute Gasteiger partial charge is 0.324 e. The molecule has 0 radical (unpaired) electrons. The Morgan fingerprint density at radius 3 is 2.25 bits per heavy atom. The topological polar surface area (TPSA) is 169 Å². The summed E-state index contributed by atoms with van der Waals surface area (Å²) in [7, 11) is 0. The van der Waals surface area contributed by atoms with E-state index in [9.17, 15) is 14.4 Å². The monoisotopic (exact) mass is 403 g/mol. The summed E-state index contributed by atoms with van der Waals surface area (Å²) in [4.78, 5) is 35.7. The fourth-order valence-corrected chi connectivity index (χ4v) is 2.43. The first kappa shape index (κ1) is 26.4. The molecule has 28 heavy (non-hydrogen) atoms. The average molecular weight is 404 g/mol. The first-order valence-corrected chi connectivity index (χ1v) is 9.90. The standard InChI is InChI=1S/C18H37N5O5/c1-4-11-28-17(27)14(7-6-10-21-18(19)20)23-22-13(8-9-15(24)25)16(26)12(3)5-2/h12-14,18,21-23H,4-11,19-20H2,1-3H3,(H,24,25)/t12?,13-,14-/m0/s1. The molecule has 0 aliphatic rings. The number of ether oxygens (including phenoxy) is 1. The van der Waals surface area contributed by atoms with Crippen molar-refractivity contribution in [3.63, 3.8) is 0 Å². The molecule has 0 heterocycles. The minimum absolute atomic E-state index is 0.0901. The Bertz CT molecular complexity index is 475. The van der Waals surface area contributed by atoms with Crippen LogP contribution >= 0.6 is 0 Å². The van der Waals surface area contributed by atoms with Gasteiger partial charge in [-0.2, -0.15) is 0 Å². The molecule has 0 spiro atoms. The number of nitrogens with one attached hydrogen (secondary N) is 3. The van der Waals surface area contributed by atoms with Crippen molar-refractivity contribution in [3.05, 3.63) is 0 Å². The van der Waals surface area contributed by atoms with Crippen LogP contribution in [0.2, 0.25) is 0 Å². The number of hydrazine groups is 1. The molecular formula is C18H37N5O5.